The maximum absolute atomic E-state index is 10.6. The van der Waals surface area contributed by atoms with Crippen LogP contribution in [0.1, 0.15) is 23.6 Å². The third-order valence-electron chi connectivity index (χ3n) is 3.52. The normalized spacial score (nSPS) is 11.9. The number of aryl methyl sites for hydroxylation is 1. The van der Waals surface area contributed by atoms with Crippen LogP contribution in [0.5, 0.6) is 5.75 Å². The van der Waals surface area contributed by atoms with Gasteiger partial charge in [0, 0.05) is 24.6 Å². The summed E-state index contributed by atoms with van der Waals surface area (Å²) in [5, 5.41) is 13.9. The first-order valence-corrected chi connectivity index (χ1v) is 7.21. The van der Waals surface area contributed by atoms with E-state index in [-0.39, 0.29) is 11.7 Å². The van der Waals surface area contributed by atoms with Crippen molar-refractivity contribution >= 4 is 5.69 Å². The van der Waals surface area contributed by atoms with Crippen LogP contribution >= 0.6 is 0 Å². The molecule has 0 spiro atoms. The number of hydrogen-bond donors (Lipinski definition) is 1. The second kappa shape index (κ2) is 7.56. The summed E-state index contributed by atoms with van der Waals surface area (Å²) < 4.78 is 5.66. The van der Waals surface area contributed by atoms with Crippen LogP contribution in [0.15, 0.2) is 48.5 Å². The van der Waals surface area contributed by atoms with E-state index in [1.807, 2.05) is 13.1 Å². The average Bonchev–Trinajstić information content (AvgIpc) is 2.52. The highest BCUT2D eigenvalue weighted by Crippen LogP contribution is 2.20. The zero-order valence-electron chi connectivity index (χ0n) is 12.8. The summed E-state index contributed by atoms with van der Waals surface area (Å²) >= 11 is 0. The number of benzene rings is 2. The van der Waals surface area contributed by atoms with Gasteiger partial charge in [-0.3, -0.25) is 10.1 Å². The Kier molecular flexibility index (Phi) is 5.49. The summed E-state index contributed by atoms with van der Waals surface area (Å²) in [6.07, 6.45) is 0.816. The lowest BCUT2D eigenvalue weighted by molar-refractivity contribution is -0.384. The fraction of sp³-hybridized carbons (Fsp3) is 0.294. The van der Waals surface area contributed by atoms with E-state index in [0.29, 0.717) is 12.4 Å². The minimum absolute atomic E-state index is 0.0696. The van der Waals surface area contributed by atoms with Gasteiger partial charge in [-0.1, -0.05) is 29.8 Å². The van der Waals surface area contributed by atoms with E-state index in [2.05, 4.69) is 30.4 Å². The first kappa shape index (κ1) is 16.0. The number of ether oxygens (including phenoxy) is 1. The fourth-order valence-corrected chi connectivity index (χ4v) is 2.32. The zero-order valence-corrected chi connectivity index (χ0v) is 12.8. The maximum atomic E-state index is 10.6. The Balaban J connectivity index is 1.90. The van der Waals surface area contributed by atoms with Crippen molar-refractivity contribution in [3.8, 4) is 5.75 Å². The van der Waals surface area contributed by atoms with E-state index in [9.17, 15) is 10.1 Å². The molecule has 1 unspecified atom stereocenters. The van der Waals surface area contributed by atoms with Gasteiger partial charge in [0.2, 0.25) is 0 Å². The largest absolute Gasteiger partial charge is 0.494 e. The van der Waals surface area contributed by atoms with Crippen molar-refractivity contribution in [3.63, 3.8) is 0 Å². The number of rotatable bonds is 7. The van der Waals surface area contributed by atoms with E-state index in [4.69, 9.17) is 4.74 Å². The molecule has 0 heterocycles. The Bertz CT molecular complexity index is 626. The minimum atomic E-state index is -0.418. The quantitative estimate of drug-likeness (QED) is 0.626. The molecule has 2 rings (SSSR count). The summed E-state index contributed by atoms with van der Waals surface area (Å²) in [6, 6.07) is 14.7. The second-order valence-corrected chi connectivity index (χ2v) is 5.14. The molecule has 0 aliphatic rings. The van der Waals surface area contributed by atoms with Gasteiger partial charge < -0.3 is 10.1 Å². The van der Waals surface area contributed by atoms with E-state index >= 15 is 0 Å². The molecule has 116 valence electrons. The van der Waals surface area contributed by atoms with Crippen LogP contribution in [0.4, 0.5) is 5.69 Å². The lowest BCUT2D eigenvalue weighted by Crippen LogP contribution is -2.19. The zero-order chi connectivity index (χ0) is 15.9. The van der Waals surface area contributed by atoms with Crippen LogP contribution in [0.3, 0.4) is 0 Å². The van der Waals surface area contributed by atoms with Crippen LogP contribution in [0.25, 0.3) is 0 Å². The summed E-state index contributed by atoms with van der Waals surface area (Å²) in [6.45, 7) is 2.61. The molecule has 22 heavy (non-hydrogen) atoms. The van der Waals surface area contributed by atoms with Gasteiger partial charge in [0.25, 0.3) is 5.69 Å². The number of nitro groups is 1. The molecule has 5 nitrogen and oxygen atoms in total. The average molecular weight is 300 g/mol. The van der Waals surface area contributed by atoms with Crippen molar-refractivity contribution in [1.29, 1.82) is 0 Å². The molecule has 5 heteroatoms. The Morgan fingerprint density at radius 2 is 1.95 bits per heavy atom. The van der Waals surface area contributed by atoms with Crippen molar-refractivity contribution in [2.24, 2.45) is 0 Å². The van der Waals surface area contributed by atoms with Gasteiger partial charge >= 0.3 is 0 Å². The SMILES string of the molecule is CNC(CCOc1ccc([N+](=O)[O-])cc1)c1cccc(C)c1. The summed E-state index contributed by atoms with van der Waals surface area (Å²) in [4.78, 5) is 10.2. The molecule has 0 saturated carbocycles. The molecule has 0 aliphatic heterocycles. The third kappa shape index (κ3) is 4.30. The molecule has 2 aromatic carbocycles. The van der Waals surface area contributed by atoms with E-state index in [0.717, 1.165) is 6.42 Å². The molecule has 0 aromatic heterocycles. The van der Waals surface area contributed by atoms with Crippen LogP contribution < -0.4 is 10.1 Å². The highest BCUT2D eigenvalue weighted by Gasteiger charge is 2.10. The number of nitro benzene ring substituents is 1. The lowest BCUT2D eigenvalue weighted by atomic mass is 10.0. The number of non-ortho nitro benzene ring substituents is 1. The highest BCUT2D eigenvalue weighted by molar-refractivity contribution is 5.36. The molecule has 0 saturated heterocycles. The molecular formula is C17H20N2O3. The monoisotopic (exact) mass is 300 g/mol. The summed E-state index contributed by atoms with van der Waals surface area (Å²) in [5.74, 6) is 0.643. The van der Waals surface area contributed by atoms with Gasteiger partial charge in [0.15, 0.2) is 0 Å². The van der Waals surface area contributed by atoms with Crippen molar-refractivity contribution in [2.45, 2.75) is 19.4 Å². The molecule has 1 atom stereocenters. The molecule has 0 bridgehead atoms. The fourth-order valence-electron chi connectivity index (χ4n) is 2.32. The van der Waals surface area contributed by atoms with E-state index in [1.54, 1.807) is 12.1 Å². The van der Waals surface area contributed by atoms with Crippen LogP contribution in [-0.4, -0.2) is 18.6 Å². The predicted octanol–water partition coefficient (Wildman–Crippen LogP) is 3.63. The Hall–Kier alpha value is -2.40. The number of nitrogens with one attached hydrogen (secondary N) is 1. The van der Waals surface area contributed by atoms with Crippen molar-refractivity contribution in [1.82, 2.24) is 5.32 Å². The first-order valence-electron chi connectivity index (χ1n) is 7.21. The van der Waals surface area contributed by atoms with Crippen LogP contribution in [-0.2, 0) is 0 Å². The molecule has 1 N–H and O–H groups in total. The van der Waals surface area contributed by atoms with E-state index < -0.39 is 4.92 Å². The number of nitrogens with zero attached hydrogens (tertiary/aromatic N) is 1. The van der Waals surface area contributed by atoms with Gasteiger partial charge in [0.1, 0.15) is 5.75 Å². The Labute approximate surface area is 130 Å². The van der Waals surface area contributed by atoms with Crippen molar-refractivity contribution in [2.75, 3.05) is 13.7 Å². The predicted molar refractivity (Wildman–Crippen MR) is 86.2 cm³/mol. The standard InChI is InChI=1S/C17H20N2O3/c1-13-4-3-5-14(12-13)17(18-2)10-11-22-16-8-6-15(7-9-16)19(20)21/h3-9,12,17-18H,10-11H2,1-2H3. The Morgan fingerprint density at radius 1 is 1.23 bits per heavy atom. The molecule has 0 aliphatic carbocycles. The molecular weight excluding hydrogens is 280 g/mol. The smallest absolute Gasteiger partial charge is 0.269 e. The third-order valence-corrected chi connectivity index (χ3v) is 3.52. The second-order valence-electron chi connectivity index (χ2n) is 5.14. The minimum Gasteiger partial charge on any atom is -0.494 e. The van der Waals surface area contributed by atoms with Gasteiger partial charge in [-0.2, -0.15) is 0 Å². The molecule has 0 amide bonds. The van der Waals surface area contributed by atoms with Gasteiger partial charge in [0.05, 0.1) is 11.5 Å². The number of hydrogen-bond acceptors (Lipinski definition) is 4. The molecule has 0 fully saturated rings. The Morgan fingerprint density at radius 3 is 2.55 bits per heavy atom. The van der Waals surface area contributed by atoms with Crippen molar-refractivity contribution < 1.29 is 9.66 Å². The highest BCUT2D eigenvalue weighted by atomic mass is 16.6. The van der Waals surface area contributed by atoms with E-state index in [1.165, 1.54) is 23.3 Å². The summed E-state index contributed by atoms with van der Waals surface area (Å²) in [5.41, 5.74) is 2.53. The van der Waals surface area contributed by atoms with Crippen LogP contribution in [0.2, 0.25) is 0 Å². The molecule has 0 radical (unpaired) electrons. The van der Waals surface area contributed by atoms with Gasteiger partial charge in [-0.05, 0) is 31.7 Å². The molecule has 2 aromatic rings. The van der Waals surface area contributed by atoms with Gasteiger partial charge in [-0.15, -0.1) is 0 Å². The van der Waals surface area contributed by atoms with Crippen LogP contribution in [0, 0.1) is 17.0 Å². The maximum Gasteiger partial charge on any atom is 0.269 e. The summed E-state index contributed by atoms with van der Waals surface area (Å²) in [7, 11) is 1.93. The lowest BCUT2D eigenvalue weighted by Gasteiger charge is -2.17. The first-order chi connectivity index (χ1) is 10.6. The van der Waals surface area contributed by atoms with Crippen molar-refractivity contribution in [3.05, 3.63) is 69.8 Å². The van der Waals surface area contributed by atoms with Gasteiger partial charge in [-0.25, -0.2) is 0 Å². The topological polar surface area (TPSA) is 64.4 Å².